The second kappa shape index (κ2) is 9.89. The number of nitrogens with zero attached hydrogens (tertiary/aromatic N) is 3. The van der Waals surface area contributed by atoms with Gasteiger partial charge in [0, 0.05) is 5.02 Å². The van der Waals surface area contributed by atoms with Crippen molar-refractivity contribution in [1.29, 1.82) is 0 Å². The van der Waals surface area contributed by atoms with Crippen LogP contribution in [0.2, 0.25) is 43.8 Å². The summed E-state index contributed by atoms with van der Waals surface area (Å²) in [5.74, 6) is 0.578. The third-order valence-electron chi connectivity index (χ3n) is 5.82. The number of rotatable bonds is 8. The number of fused-ring (bicyclic) bond motifs is 1. The minimum atomic E-state index is -1.82. The van der Waals surface area contributed by atoms with Crippen LogP contribution >= 0.6 is 11.6 Å². The van der Waals surface area contributed by atoms with Crippen molar-refractivity contribution in [2.24, 2.45) is 5.92 Å². The summed E-state index contributed by atoms with van der Waals surface area (Å²) in [6.07, 6.45) is 0.748. The number of hydrogen-bond donors (Lipinski definition) is 1. The summed E-state index contributed by atoms with van der Waals surface area (Å²) in [5, 5.41) is 21.2. The molecule has 35 heavy (non-hydrogen) atoms. The fraction of sp³-hybridized carbons (Fsp3) is 0.333. The van der Waals surface area contributed by atoms with Crippen molar-refractivity contribution in [3.63, 3.8) is 0 Å². The molecule has 0 spiro atoms. The van der Waals surface area contributed by atoms with Crippen LogP contribution < -0.4 is 0 Å². The minimum absolute atomic E-state index is 0.216. The fourth-order valence-corrected chi connectivity index (χ4v) is 13.9. The van der Waals surface area contributed by atoms with Crippen LogP contribution in [-0.2, 0) is 10.5 Å². The van der Waals surface area contributed by atoms with Gasteiger partial charge in [0.2, 0.25) is 0 Å². The molecule has 1 aromatic heterocycles. The molecule has 184 valence electrons. The lowest BCUT2D eigenvalue weighted by Crippen LogP contribution is -2.43. The number of halogens is 1. The highest BCUT2D eigenvalue weighted by Gasteiger charge is 2.31. The average Bonchev–Trinajstić information content (AvgIpc) is 3.16. The second-order valence-electron chi connectivity index (χ2n) is 11.0. The Bertz CT molecular complexity index is 1330. The molecular weight excluding hydrogens is 490 g/mol. The molecule has 8 heteroatoms. The van der Waals surface area contributed by atoms with Gasteiger partial charge in [0.15, 0.2) is 16.6 Å². The molecule has 0 aliphatic heterocycles. The average molecular weight is 524 g/mol. The van der Waals surface area contributed by atoms with Crippen LogP contribution in [0.25, 0.3) is 27.8 Å². The Morgan fingerprint density at radius 2 is 1.60 bits per heavy atom. The maximum atomic E-state index is 11.4. The molecule has 3 aromatic carbocycles. The zero-order chi connectivity index (χ0) is 25.4. The highest BCUT2D eigenvalue weighted by Crippen LogP contribution is 2.35. The molecule has 1 N–H and O–H groups in total. The van der Waals surface area contributed by atoms with E-state index in [0.717, 1.165) is 34.7 Å². The van der Waals surface area contributed by atoms with Crippen molar-refractivity contribution < 1.29 is 9.22 Å². The van der Waals surface area contributed by atoms with Crippen molar-refractivity contribution in [3.05, 3.63) is 71.2 Å². The van der Waals surface area contributed by atoms with E-state index in [1.165, 1.54) is 4.80 Å². The largest absolute Gasteiger partial charge is 0.505 e. The van der Waals surface area contributed by atoms with Crippen LogP contribution in [0.3, 0.4) is 0 Å². The van der Waals surface area contributed by atoms with Crippen LogP contribution in [0.5, 0.6) is 5.75 Å². The molecule has 0 bridgehead atoms. The van der Waals surface area contributed by atoms with Crippen LogP contribution in [-0.4, -0.2) is 36.7 Å². The van der Waals surface area contributed by atoms with E-state index in [1.807, 2.05) is 30.3 Å². The molecule has 5 nitrogen and oxygen atoms in total. The van der Waals surface area contributed by atoms with Crippen LogP contribution in [0.1, 0.15) is 12.5 Å². The Labute approximate surface area is 215 Å². The van der Waals surface area contributed by atoms with Crippen molar-refractivity contribution >= 4 is 39.3 Å². The van der Waals surface area contributed by atoms with Gasteiger partial charge in [0.1, 0.15) is 22.5 Å². The third-order valence-corrected chi connectivity index (χ3v) is 12.4. The quantitative estimate of drug-likeness (QED) is 0.240. The van der Waals surface area contributed by atoms with E-state index in [2.05, 4.69) is 68.1 Å². The molecule has 0 radical (unpaired) electrons. The van der Waals surface area contributed by atoms with E-state index >= 15 is 0 Å². The Balaban J connectivity index is 1.73. The number of hydrogen-bond acceptors (Lipinski definition) is 4. The second-order valence-corrected chi connectivity index (χ2v) is 20.4. The maximum Gasteiger partial charge on any atom is 0.173 e. The van der Waals surface area contributed by atoms with Gasteiger partial charge in [-0.15, -0.1) is 15.0 Å². The van der Waals surface area contributed by atoms with Crippen molar-refractivity contribution in [3.8, 4) is 22.6 Å². The first-order valence-electron chi connectivity index (χ1n) is 12.0. The third kappa shape index (κ3) is 6.41. The summed E-state index contributed by atoms with van der Waals surface area (Å²) in [7, 11) is -3.42. The molecule has 4 aromatic rings. The van der Waals surface area contributed by atoms with Gasteiger partial charge in [-0.3, -0.25) is 0 Å². The van der Waals surface area contributed by atoms with E-state index in [-0.39, 0.29) is 5.75 Å². The van der Waals surface area contributed by atoms with E-state index in [9.17, 15) is 5.11 Å². The summed E-state index contributed by atoms with van der Waals surface area (Å²) in [4.78, 5) is 1.52. The van der Waals surface area contributed by atoms with Gasteiger partial charge in [-0.25, -0.2) is 0 Å². The van der Waals surface area contributed by atoms with E-state index in [0.29, 0.717) is 22.1 Å². The highest BCUT2D eigenvalue weighted by atomic mass is 35.5. The Kier molecular flexibility index (Phi) is 7.24. The van der Waals surface area contributed by atoms with Gasteiger partial charge in [-0.1, -0.05) is 48.9 Å². The number of benzene rings is 3. The van der Waals surface area contributed by atoms with Gasteiger partial charge in [-0.05, 0) is 98.1 Å². The molecule has 0 saturated carbocycles. The number of aromatic hydroxyl groups is 1. The number of phenols is 1. The zero-order valence-corrected chi connectivity index (χ0v) is 24.1. The van der Waals surface area contributed by atoms with E-state index in [1.54, 1.807) is 12.1 Å². The molecule has 0 aliphatic rings. The van der Waals surface area contributed by atoms with E-state index in [4.69, 9.17) is 15.7 Å². The first kappa shape index (κ1) is 25.6. The first-order chi connectivity index (χ1) is 16.4. The predicted octanol–water partition coefficient (Wildman–Crippen LogP) is 7.68. The zero-order valence-electron chi connectivity index (χ0n) is 21.3. The molecule has 4 rings (SSSR count). The lowest BCUT2D eigenvalue weighted by molar-refractivity contribution is 0.452. The SMILES string of the molecule is CC(Cc1cc(-c2ccccc2)cc(-n2nc3ccc(Cl)cc3n2)c1O)C[Si](C)(C)O[Si](C)(C)C. The Morgan fingerprint density at radius 3 is 2.29 bits per heavy atom. The first-order valence-corrected chi connectivity index (χ1v) is 18.9. The summed E-state index contributed by atoms with van der Waals surface area (Å²) in [6.45, 7) is 13.6. The minimum Gasteiger partial charge on any atom is -0.505 e. The predicted molar refractivity (Wildman–Crippen MR) is 151 cm³/mol. The van der Waals surface area contributed by atoms with Crippen molar-refractivity contribution in [1.82, 2.24) is 15.0 Å². The standard InChI is InChI=1S/C27H34ClN3O2Si2/c1-19(18-35(5,6)33-34(2,3)4)14-22-15-21(20-10-8-7-9-11-20)16-26(27(22)32)31-29-24-13-12-23(28)17-25(24)30-31/h7-13,15-17,19,32H,14,18H2,1-6H3. The molecule has 1 unspecified atom stereocenters. The molecule has 1 atom stereocenters. The Morgan fingerprint density at radius 1 is 0.914 bits per heavy atom. The molecule has 0 aliphatic carbocycles. The molecule has 0 fully saturated rings. The summed E-state index contributed by atoms with van der Waals surface area (Å²) in [5.41, 5.74) is 4.98. The molecule has 0 amide bonds. The van der Waals surface area contributed by atoms with Crippen molar-refractivity contribution in [2.45, 2.75) is 52.1 Å². The van der Waals surface area contributed by atoms with E-state index < -0.39 is 16.6 Å². The van der Waals surface area contributed by atoms with Gasteiger partial charge >= 0.3 is 0 Å². The molecular formula is C27H34ClN3O2Si2. The summed E-state index contributed by atoms with van der Waals surface area (Å²) >= 11 is 6.15. The van der Waals surface area contributed by atoms with Crippen molar-refractivity contribution in [2.75, 3.05) is 0 Å². The molecule has 0 saturated heterocycles. The lowest BCUT2D eigenvalue weighted by Gasteiger charge is -2.33. The van der Waals surface area contributed by atoms with Crippen LogP contribution in [0.4, 0.5) is 0 Å². The number of phenolic OH excluding ortho intramolecular Hbond substituents is 1. The van der Waals surface area contributed by atoms with Crippen LogP contribution in [0, 0.1) is 5.92 Å². The van der Waals surface area contributed by atoms with Gasteiger partial charge in [-0.2, -0.15) is 0 Å². The fourth-order valence-electron chi connectivity index (χ4n) is 4.94. The lowest BCUT2D eigenvalue weighted by atomic mass is 9.96. The van der Waals surface area contributed by atoms with Gasteiger partial charge < -0.3 is 9.22 Å². The topological polar surface area (TPSA) is 60.2 Å². The maximum absolute atomic E-state index is 11.4. The monoisotopic (exact) mass is 523 g/mol. The summed E-state index contributed by atoms with van der Waals surface area (Å²) in [6, 6.07) is 20.7. The van der Waals surface area contributed by atoms with Gasteiger partial charge in [0.25, 0.3) is 0 Å². The normalized spacial score (nSPS) is 13.3. The molecule has 1 heterocycles. The Hall–Kier alpha value is -2.46. The van der Waals surface area contributed by atoms with Gasteiger partial charge in [0.05, 0.1) is 0 Å². The summed E-state index contributed by atoms with van der Waals surface area (Å²) < 4.78 is 6.57. The smallest absolute Gasteiger partial charge is 0.173 e. The highest BCUT2D eigenvalue weighted by molar-refractivity contribution is 6.84. The van der Waals surface area contributed by atoms with Crippen LogP contribution in [0.15, 0.2) is 60.7 Å². The number of aromatic nitrogens is 3.